The average molecular weight is 432 g/mol. The van der Waals surface area contributed by atoms with Crippen molar-refractivity contribution in [1.82, 2.24) is 15.3 Å². The minimum Gasteiger partial charge on any atom is -0.491 e. The molecular formula is C22H33N5O4. The monoisotopic (exact) mass is 431 g/mol. The molecule has 31 heavy (non-hydrogen) atoms. The lowest BCUT2D eigenvalue weighted by atomic mass is 9.92. The molecule has 2 aromatic rings. The van der Waals surface area contributed by atoms with E-state index in [1.165, 1.54) is 0 Å². The van der Waals surface area contributed by atoms with Gasteiger partial charge < -0.3 is 35.2 Å². The van der Waals surface area contributed by atoms with Gasteiger partial charge in [0, 0.05) is 39.3 Å². The number of β-amino-alcohol motifs (C(OH)–C–C–N with tert-alkyl or cyclic N) is 1. The number of piperidine rings is 1. The highest BCUT2D eigenvalue weighted by atomic mass is 16.5. The van der Waals surface area contributed by atoms with Crippen LogP contribution in [-0.4, -0.2) is 78.9 Å². The van der Waals surface area contributed by atoms with Gasteiger partial charge in [-0.1, -0.05) is 12.1 Å². The van der Waals surface area contributed by atoms with Crippen LogP contribution in [-0.2, 0) is 11.3 Å². The Bertz CT molecular complexity index is 792. The Balaban J connectivity index is 1.43. The number of nitrogens with zero attached hydrogens (tertiary/aromatic N) is 3. The van der Waals surface area contributed by atoms with Crippen molar-refractivity contribution in [3.63, 3.8) is 0 Å². The number of rotatable bonds is 12. The van der Waals surface area contributed by atoms with Crippen molar-refractivity contribution < 1.29 is 19.7 Å². The molecule has 1 aromatic carbocycles. The molecule has 9 nitrogen and oxygen atoms in total. The third-order valence-corrected chi connectivity index (χ3v) is 5.23. The molecule has 1 saturated heterocycles. The Hall–Kier alpha value is -2.46. The minimum atomic E-state index is -0.805. The van der Waals surface area contributed by atoms with Gasteiger partial charge in [0.25, 0.3) is 0 Å². The van der Waals surface area contributed by atoms with Crippen molar-refractivity contribution in [1.29, 1.82) is 0 Å². The summed E-state index contributed by atoms with van der Waals surface area (Å²) in [6, 6.07) is 9.77. The molecule has 0 aliphatic carbocycles. The SMILES string of the molecule is CNc1cc(N2CCC[C@](O)(CNCc3ccc(OCCOCCO)cc3)C2)ncn1. The van der Waals surface area contributed by atoms with Crippen LogP contribution in [0.15, 0.2) is 36.7 Å². The Morgan fingerprint density at radius 2 is 2.00 bits per heavy atom. The first-order chi connectivity index (χ1) is 15.1. The second kappa shape index (κ2) is 11.8. The summed E-state index contributed by atoms with van der Waals surface area (Å²) in [5.41, 5.74) is 0.315. The molecule has 0 radical (unpaired) electrons. The van der Waals surface area contributed by atoms with Gasteiger partial charge in [0.05, 0.1) is 25.4 Å². The standard InChI is InChI=1S/C22H33N5O4/c1-23-20-13-21(26-17-25-20)27-8-2-7-22(29,16-27)15-24-14-18-3-5-19(6-4-18)31-12-11-30-10-9-28/h3-6,13,17,24,28-29H,2,7-12,14-16H2,1H3,(H,23,25,26)/t22-/m0/s1. The Labute approximate surface area is 183 Å². The summed E-state index contributed by atoms with van der Waals surface area (Å²) in [5, 5.41) is 26.2. The summed E-state index contributed by atoms with van der Waals surface area (Å²) in [7, 11) is 1.83. The third kappa shape index (κ3) is 7.32. The molecule has 9 heteroatoms. The van der Waals surface area contributed by atoms with Crippen LogP contribution in [0.25, 0.3) is 0 Å². The minimum absolute atomic E-state index is 0.0206. The maximum absolute atomic E-state index is 11.1. The number of hydrogen-bond donors (Lipinski definition) is 4. The first-order valence-corrected chi connectivity index (χ1v) is 10.7. The van der Waals surface area contributed by atoms with Gasteiger partial charge in [0.2, 0.25) is 0 Å². The summed E-state index contributed by atoms with van der Waals surface area (Å²) in [4.78, 5) is 10.6. The summed E-state index contributed by atoms with van der Waals surface area (Å²) < 4.78 is 10.8. The Morgan fingerprint density at radius 1 is 1.16 bits per heavy atom. The van der Waals surface area contributed by atoms with E-state index in [-0.39, 0.29) is 6.61 Å². The van der Waals surface area contributed by atoms with Crippen molar-refractivity contribution in [3.05, 3.63) is 42.2 Å². The highest BCUT2D eigenvalue weighted by molar-refractivity contribution is 5.48. The van der Waals surface area contributed by atoms with Crippen LogP contribution in [0.3, 0.4) is 0 Å². The van der Waals surface area contributed by atoms with Crippen LogP contribution in [0.4, 0.5) is 11.6 Å². The largest absolute Gasteiger partial charge is 0.491 e. The van der Waals surface area contributed by atoms with E-state index in [0.29, 0.717) is 39.5 Å². The zero-order valence-electron chi connectivity index (χ0n) is 18.1. The maximum Gasteiger partial charge on any atom is 0.134 e. The molecule has 0 saturated carbocycles. The first kappa shape index (κ1) is 23.2. The molecule has 1 aromatic heterocycles. The van der Waals surface area contributed by atoms with Crippen LogP contribution in [0.1, 0.15) is 18.4 Å². The average Bonchev–Trinajstić information content (AvgIpc) is 2.80. The van der Waals surface area contributed by atoms with Crippen LogP contribution in [0.2, 0.25) is 0 Å². The summed E-state index contributed by atoms with van der Waals surface area (Å²) in [5.74, 6) is 2.38. The predicted octanol–water partition coefficient (Wildman–Crippen LogP) is 1.03. The molecule has 170 valence electrons. The van der Waals surface area contributed by atoms with E-state index in [4.69, 9.17) is 14.6 Å². The molecule has 2 heterocycles. The van der Waals surface area contributed by atoms with E-state index < -0.39 is 5.60 Å². The Kier molecular flexibility index (Phi) is 8.84. The van der Waals surface area contributed by atoms with Crippen LogP contribution in [0.5, 0.6) is 5.75 Å². The maximum atomic E-state index is 11.1. The van der Waals surface area contributed by atoms with Crippen molar-refractivity contribution in [2.75, 3.05) is 63.3 Å². The molecule has 1 atom stereocenters. The summed E-state index contributed by atoms with van der Waals surface area (Å²) in [6.45, 7) is 3.82. The molecule has 3 rings (SSSR count). The van der Waals surface area contributed by atoms with Gasteiger partial charge in [0.15, 0.2) is 0 Å². The number of aliphatic hydroxyl groups excluding tert-OH is 1. The molecule has 4 N–H and O–H groups in total. The highest BCUT2D eigenvalue weighted by Gasteiger charge is 2.33. The topological polar surface area (TPSA) is 112 Å². The lowest BCUT2D eigenvalue weighted by molar-refractivity contribution is 0.0259. The lowest BCUT2D eigenvalue weighted by Crippen LogP contribution is -2.53. The van der Waals surface area contributed by atoms with Crippen molar-refractivity contribution in [3.8, 4) is 5.75 Å². The molecule has 1 aliphatic heterocycles. The van der Waals surface area contributed by atoms with E-state index in [1.807, 2.05) is 37.4 Å². The van der Waals surface area contributed by atoms with E-state index in [2.05, 4.69) is 25.5 Å². The second-order valence-electron chi connectivity index (χ2n) is 7.69. The number of nitrogens with one attached hydrogen (secondary N) is 2. The first-order valence-electron chi connectivity index (χ1n) is 10.7. The number of hydrogen-bond acceptors (Lipinski definition) is 9. The van der Waals surface area contributed by atoms with E-state index >= 15 is 0 Å². The van der Waals surface area contributed by atoms with Crippen LogP contribution >= 0.6 is 0 Å². The van der Waals surface area contributed by atoms with Gasteiger partial charge in [-0.15, -0.1) is 0 Å². The number of aromatic nitrogens is 2. The summed E-state index contributed by atoms with van der Waals surface area (Å²) >= 11 is 0. The van der Waals surface area contributed by atoms with Crippen molar-refractivity contribution in [2.24, 2.45) is 0 Å². The molecule has 0 bridgehead atoms. The fraction of sp³-hybridized carbons (Fsp3) is 0.545. The number of benzene rings is 1. The van der Waals surface area contributed by atoms with Gasteiger partial charge >= 0.3 is 0 Å². The number of ether oxygens (including phenoxy) is 2. The van der Waals surface area contributed by atoms with E-state index in [0.717, 1.165) is 42.3 Å². The molecule has 0 spiro atoms. The summed E-state index contributed by atoms with van der Waals surface area (Å²) in [6.07, 6.45) is 3.21. The lowest BCUT2D eigenvalue weighted by Gasteiger charge is -2.40. The molecular weight excluding hydrogens is 398 g/mol. The van der Waals surface area contributed by atoms with Gasteiger partial charge in [-0.2, -0.15) is 0 Å². The predicted molar refractivity (Wildman–Crippen MR) is 120 cm³/mol. The van der Waals surface area contributed by atoms with Gasteiger partial charge in [-0.25, -0.2) is 9.97 Å². The van der Waals surface area contributed by atoms with Crippen LogP contribution in [0, 0.1) is 0 Å². The fourth-order valence-corrected chi connectivity index (χ4v) is 3.64. The van der Waals surface area contributed by atoms with Crippen molar-refractivity contribution >= 4 is 11.6 Å². The fourth-order valence-electron chi connectivity index (χ4n) is 3.64. The smallest absolute Gasteiger partial charge is 0.134 e. The quantitative estimate of drug-likeness (QED) is 0.366. The zero-order valence-corrected chi connectivity index (χ0v) is 18.1. The number of aliphatic hydroxyl groups is 2. The van der Waals surface area contributed by atoms with Crippen LogP contribution < -0.4 is 20.3 Å². The third-order valence-electron chi connectivity index (χ3n) is 5.23. The van der Waals surface area contributed by atoms with Gasteiger partial charge in [0.1, 0.15) is 30.3 Å². The molecule has 0 amide bonds. The molecule has 1 aliphatic rings. The second-order valence-corrected chi connectivity index (χ2v) is 7.69. The van der Waals surface area contributed by atoms with E-state index in [9.17, 15) is 5.11 Å². The number of anilines is 2. The van der Waals surface area contributed by atoms with Crippen molar-refractivity contribution in [2.45, 2.75) is 25.0 Å². The Morgan fingerprint density at radius 3 is 2.77 bits per heavy atom. The normalized spacial score (nSPS) is 18.7. The van der Waals surface area contributed by atoms with Gasteiger partial charge in [-0.05, 0) is 30.5 Å². The van der Waals surface area contributed by atoms with Gasteiger partial charge in [-0.3, -0.25) is 0 Å². The molecule has 0 unspecified atom stereocenters. The molecule has 1 fully saturated rings. The zero-order chi connectivity index (χ0) is 21.9. The van der Waals surface area contributed by atoms with E-state index in [1.54, 1.807) is 6.33 Å². The highest BCUT2D eigenvalue weighted by Crippen LogP contribution is 2.25.